The Labute approximate surface area is 139 Å². The van der Waals surface area contributed by atoms with Crippen molar-refractivity contribution in [3.05, 3.63) is 65.7 Å². The van der Waals surface area contributed by atoms with E-state index in [0.717, 1.165) is 6.08 Å². The fourth-order valence-corrected chi connectivity index (χ4v) is 2.07. The van der Waals surface area contributed by atoms with E-state index in [2.05, 4.69) is 0 Å². The highest BCUT2D eigenvalue weighted by atomic mass is 19.2. The van der Waals surface area contributed by atoms with E-state index >= 15 is 0 Å². The van der Waals surface area contributed by atoms with E-state index in [9.17, 15) is 13.4 Å². The molecule has 0 spiro atoms. The molecular weight excluding hydrogens is 315 g/mol. The van der Waals surface area contributed by atoms with Gasteiger partial charge in [-0.1, -0.05) is 0 Å². The summed E-state index contributed by atoms with van der Waals surface area (Å²) in [4.78, 5) is 12.3. The van der Waals surface area contributed by atoms with E-state index in [1.165, 1.54) is 14.2 Å². The zero-order chi connectivity index (χ0) is 17.5. The van der Waals surface area contributed by atoms with E-state index in [4.69, 9.17) is 9.47 Å². The highest BCUT2D eigenvalue weighted by molar-refractivity contribution is 6.42. The van der Waals surface area contributed by atoms with E-state index in [1.807, 2.05) is 5.23 Å². The standard InChI is InChI=1S/C17H16BF2NO3/c1-23-14-7-3-12(4-8-14)16(21-18(19)20)11-17(22)13-5-9-15(24-2)10-6-13/h3-11,21H,1-2H3/b16-11-. The molecule has 0 unspecified atom stereocenters. The average Bonchev–Trinajstić information content (AvgIpc) is 2.61. The SMILES string of the molecule is COc1ccc(C(=O)/C=C(\NB(F)F)c2ccc(OC)cc2)cc1. The van der Waals surface area contributed by atoms with Crippen LogP contribution in [0.4, 0.5) is 8.63 Å². The van der Waals surface area contributed by atoms with Crippen LogP contribution in [-0.2, 0) is 0 Å². The van der Waals surface area contributed by atoms with Crippen molar-refractivity contribution in [3.63, 3.8) is 0 Å². The summed E-state index contributed by atoms with van der Waals surface area (Å²) in [5.41, 5.74) is 0.865. The van der Waals surface area contributed by atoms with Gasteiger partial charge in [0.1, 0.15) is 11.5 Å². The Balaban J connectivity index is 2.30. The Bertz CT molecular complexity index is 716. The van der Waals surface area contributed by atoms with Gasteiger partial charge in [-0.25, -0.2) is 0 Å². The van der Waals surface area contributed by atoms with Crippen molar-refractivity contribution in [1.82, 2.24) is 5.23 Å². The third-order valence-corrected chi connectivity index (χ3v) is 3.32. The van der Waals surface area contributed by atoms with Crippen LogP contribution in [-0.4, -0.2) is 27.4 Å². The molecule has 1 N–H and O–H groups in total. The summed E-state index contributed by atoms with van der Waals surface area (Å²) in [7, 11) is 0.239. The van der Waals surface area contributed by atoms with Crippen LogP contribution in [0.1, 0.15) is 15.9 Å². The molecule has 124 valence electrons. The van der Waals surface area contributed by atoms with Gasteiger partial charge in [0.05, 0.1) is 14.2 Å². The number of carbonyl (C=O) groups excluding carboxylic acids is 1. The molecule has 0 fully saturated rings. The molecule has 0 saturated carbocycles. The van der Waals surface area contributed by atoms with Gasteiger partial charge >= 0.3 is 7.40 Å². The molecule has 0 amide bonds. The number of ether oxygens (including phenoxy) is 2. The number of rotatable bonds is 7. The van der Waals surface area contributed by atoms with Crippen molar-refractivity contribution in [2.24, 2.45) is 0 Å². The van der Waals surface area contributed by atoms with Crippen molar-refractivity contribution in [2.75, 3.05) is 14.2 Å². The lowest BCUT2D eigenvalue weighted by molar-refractivity contribution is 0.104. The highest BCUT2D eigenvalue weighted by Crippen LogP contribution is 2.19. The zero-order valence-corrected chi connectivity index (χ0v) is 13.3. The summed E-state index contributed by atoms with van der Waals surface area (Å²) in [6, 6.07) is 12.9. The van der Waals surface area contributed by atoms with Crippen LogP contribution in [0.5, 0.6) is 11.5 Å². The molecule has 0 aromatic heterocycles. The molecule has 0 aliphatic rings. The highest BCUT2D eigenvalue weighted by Gasteiger charge is 2.17. The molecule has 2 aromatic rings. The molecule has 0 radical (unpaired) electrons. The lowest BCUT2D eigenvalue weighted by atomic mass is 10.0. The molecule has 0 heterocycles. The van der Waals surface area contributed by atoms with Crippen molar-refractivity contribution in [3.8, 4) is 11.5 Å². The fourth-order valence-electron chi connectivity index (χ4n) is 2.07. The van der Waals surface area contributed by atoms with Crippen LogP contribution in [0.2, 0.25) is 0 Å². The van der Waals surface area contributed by atoms with Crippen molar-refractivity contribution < 1.29 is 22.9 Å². The molecule has 24 heavy (non-hydrogen) atoms. The van der Waals surface area contributed by atoms with Gasteiger partial charge in [0.15, 0.2) is 5.78 Å². The largest absolute Gasteiger partial charge is 0.670 e. The predicted molar refractivity (Wildman–Crippen MR) is 89.4 cm³/mol. The smallest absolute Gasteiger partial charge is 0.497 e. The summed E-state index contributed by atoms with van der Waals surface area (Å²) < 4.78 is 35.6. The third kappa shape index (κ3) is 4.58. The van der Waals surface area contributed by atoms with E-state index < -0.39 is 13.2 Å². The van der Waals surface area contributed by atoms with Crippen molar-refractivity contribution in [1.29, 1.82) is 0 Å². The third-order valence-electron chi connectivity index (χ3n) is 3.32. The molecule has 0 saturated heterocycles. The number of hydrogen-bond acceptors (Lipinski definition) is 4. The van der Waals surface area contributed by atoms with Gasteiger partial charge in [-0.3, -0.25) is 13.4 Å². The van der Waals surface area contributed by atoms with Crippen LogP contribution in [0.3, 0.4) is 0 Å². The second-order valence-corrected chi connectivity index (χ2v) is 4.82. The van der Waals surface area contributed by atoms with Gasteiger partial charge in [-0.05, 0) is 54.1 Å². The first-order chi connectivity index (χ1) is 11.5. The fraction of sp³-hybridized carbons (Fsp3) is 0.118. The first kappa shape index (κ1) is 17.5. The minimum atomic E-state index is -2.79. The quantitative estimate of drug-likeness (QED) is 0.480. The predicted octanol–water partition coefficient (Wildman–Crippen LogP) is 3.44. The summed E-state index contributed by atoms with van der Waals surface area (Å²) in [6.07, 6.45) is 1.15. The van der Waals surface area contributed by atoms with Gasteiger partial charge in [0, 0.05) is 17.3 Å². The minimum Gasteiger partial charge on any atom is -0.497 e. The van der Waals surface area contributed by atoms with Gasteiger partial charge in [-0.2, -0.15) is 0 Å². The molecule has 2 aromatic carbocycles. The van der Waals surface area contributed by atoms with Crippen LogP contribution in [0.25, 0.3) is 5.70 Å². The van der Waals surface area contributed by atoms with Crippen LogP contribution in [0, 0.1) is 0 Å². The normalized spacial score (nSPS) is 10.9. The topological polar surface area (TPSA) is 47.6 Å². The summed E-state index contributed by atoms with van der Waals surface area (Å²) in [5.74, 6) is 0.810. The first-order valence-corrected chi connectivity index (χ1v) is 7.12. The maximum atomic E-state index is 12.8. The Morgan fingerprint density at radius 1 is 0.917 bits per heavy atom. The van der Waals surface area contributed by atoms with E-state index in [1.54, 1.807) is 48.5 Å². The monoisotopic (exact) mass is 331 g/mol. The average molecular weight is 331 g/mol. The minimum absolute atomic E-state index is 0.0356. The van der Waals surface area contributed by atoms with Crippen LogP contribution >= 0.6 is 0 Å². The van der Waals surface area contributed by atoms with E-state index in [0.29, 0.717) is 22.6 Å². The second kappa shape index (κ2) is 8.15. The zero-order valence-electron chi connectivity index (χ0n) is 13.3. The van der Waals surface area contributed by atoms with E-state index in [-0.39, 0.29) is 5.70 Å². The lowest BCUT2D eigenvalue weighted by Gasteiger charge is -2.10. The molecule has 0 aliphatic heterocycles. The molecule has 4 nitrogen and oxygen atoms in total. The summed E-state index contributed by atoms with van der Waals surface area (Å²) >= 11 is 0. The second-order valence-electron chi connectivity index (χ2n) is 4.82. The molecule has 0 bridgehead atoms. The molecule has 0 aliphatic carbocycles. The number of halogens is 2. The van der Waals surface area contributed by atoms with Crippen LogP contribution < -0.4 is 14.7 Å². The summed E-state index contributed by atoms with van der Waals surface area (Å²) in [5, 5.41) is 2.00. The van der Waals surface area contributed by atoms with Crippen LogP contribution in [0.15, 0.2) is 54.6 Å². The molecule has 0 atom stereocenters. The Kier molecular flexibility index (Phi) is 5.95. The number of carbonyl (C=O) groups is 1. The Hall–Kier alpha value is -2.83. The maximum absolute atomic E-state index is 12.8. The van der Waals surface area contributed by atoms with Gasteiger partial charge in [0.2, 0.25) is 0 Å². The number of benzene rings is 2. The number of allylic oxidation sites excluding steroid dienone is 1. The molecular formula is C17H16BF2NO3. The van der Waals surface area contributed by atoms with Crippen molar-refractivity contribution >= 4 is 18.9 Å². The summed E-state index contributed by atoms with van der Waals surface area (Å²) in [6.45, 7) is 0. The lowest BCUT2D eigenvalue weighted by Crippen LogP contribution is -2.24. The van der Waals surface area contributed by atoms with Gasteiger partial charge < -0.3 is 14.7 Å². The van der Waals surface area contributed by atoms with Gasteiger partial charge in [0.25, 0.3) is 0 Å². The molecule has 7 heteroatoms. The molecule has 2 rings (SSSR count). The maximum Gasteiger partial charge on any atom is 0.670 e. The Morgan fingerprint density at radius 3 is 1.79 bits per heavy atom. The number of hydrogen-bond donors (Lipinski definition) is 1. The Morgan fingerprint density at radius 2 is 1.38 bits per heavy atom. The van der Waals surface area contributed by atoms with Gasteiger partial charge in [-0.15, -0.1) is 0 Å². The van der Waals surface area contributed by atoms with Crippen molar-refractivity contribution in [2.45, 2.75) is 0 Å². The first-order valence-electron chi connectivity index (χ1n) is 7.12. The number of ketones is 1. The number of nitrogens with one attached hydrogen (secondary N) is 1. The number of methoxy groups -OCH3 is 2.